The van der Waals surface area contributed by atoms with E-state index in [2.05, 4.69) is 35.8 Å². The van der Waals surface area contributed by atoms with Crippen LogP contribution in [0.2, 0.25) is 0 Å². The second-order valence-electron chi connectivity index (χ2n) is 7.38. The van der Waals surface area contributed by atoms with Crippen molar-refractivity contribution in [1.29, 1.82) is 0 Å². The molecule has 0 saturated carbocycles. The molecule has 3 N–H and O–H groups in total. The van der Waals surface area contributed by atoms with Gasteiger partial charge in [-0.2, -0.15) is 5.10 Å². The van der Waals surface area contributed by atoms with Crippen LogP contribution in [0.15, 0.2) is 54.7 Å². The summed E-state index contributed by atoms with van der Waals surface area (Å²) >= 11 is 0. The summed E-state index contributed by atoms with van der Waals surface area (Å²) in [6.07, 6.45) is 1.61. The molecule has 1 aromatic carbocycles. The molecule has 0 spiro atoms. The largest absolute Gasteiger partial charge is 0.347 e. The molecule has 0 atom stereocenters. The van der Waals surface area contributed by atoms with Crippen molar-refractivity contribution in [2.45, 2.75) is 27.3 Å². The molecule has 0 unspecified atom stereocenters. The summed E-state index contributed by atoms with van der Waals surface area (Å²) in [6, 6.07) is 15.2. The second-order valence-corrected chi connectivity index (χ2v) is 7.38. The Bertz CT molecular complexity index is 1210. The first kappa shape index (κ1) is 20.2. The molecule has 0 aliphatic rings. The van der Waals surface area contributed by atoms with Crippen molar-refractivity contribution >= 4 is 17.5 Å². The van der Waals surface area contributed by atoms with Crippen LogP contribution in [-0.2, 0) is 6.54 Å². The normalized spacial score (nSPS) is 10.7. The molecule has 4 rings (SSSR count). The molecular formula is C23H23N7O. The van der Waals surface area contributed by atoms with Crippen LogP contribution in [0.1, 0.15) is 33.0 Å². The predicted octanol–water partition coefficient (Wildman–Crippen LogP) is 3.86. The topological polar surface area (TPSA) is 108 Å². The number of benzene rings is 1. The van der Waals surface area contributed by atoms with Gasteiger partial charge in [-0.3, -0.25) is 14.9 Å². The van der Waals surface area contributed by atoms with Gasteiger partial charge in [-0.05, 0) is 38.5 Å². The maximum absolute atomic E-state index is 12.4. The van der Waals surface area contributed by atoms with Gasteiger partial charge in [-0.25, -0.2) is 9.97 Å². The van der Waals surface area contributed by atoms with Gasteiger partial charge in [-0.1, -0.05) is 29.8 Å². The van der Waals surface area contributed by atoms with Gasteiger partial charge in [0.15, 0.2) is 11.6 Å². The maximum Gasteiger partial charge on any atom is 0.270 e. The Morgan fingerprint density at radius 2 is 1.87 bits per heavy atom. The lowest BCUT2D eigenvalue weighted by Crippen LogP contribution is -2.23. The molecule has 0 aliphatic heterocycles. The van der Waals surface area contributed by atoms with Crippen molar-refractivity contribution < 1.29 is 4.79 Å². The van der Waals surface area contributed by atoms with Gasteiger partial charge in [0.1, 0.15) is 11.5 Å². The van der Waals surface area contributed by atoms with Crippen LogP contribution in [0.5, 0.6) is 0 Å². The van der Waals surface area contributed by atoms with Crippen LogP contribution >= 0.6 is 0 Å². The van der Waals surface area contributed by atoms with Crippen molar-refractivity contribution in [3.8, 4) is 11.4 Å². The molecule has 4 aromatic rings. The number of aryl methyl sites for hydroxylation is 3. The Balaban J connectivity index is 1.46. The van der Waals surface area contributed by atoms with Crippen molar-refractivity contribution in [2.75, 3.05) is 5.32 Å². The summed E-state index contributed by atoms with van der Waals surface area (Å²) in [5.74, 6) is 1.61. The van der Waals surface area contributed by atoms with Crippen molar-refractivity contribution in [1.82, 2.24) is 30.5 Å². The first-order valence-corrected chi connectivity index (χ1v) is 9.91. The minimum Gasteiger partial charge on any atom is -0.347 e. The zero-order valence-corrected chi connectivity index (χ0v) is 17.6. The standard InChI is InChI=1S/C23H23N7O/c1-14-5-4-6-17(9-14)12-25-23(31)19-8-7-18(13-24-19)22-26-15(2)10-20(28-22)27-21-11-16(3)29-30-21/h4-11,13H,12H2,1-3H3,(H,25,31)(H2,26,27,28,29,30). The summed E-state index contributed by atoms with van der Waals surface area (Å²) in [5.41, 5.74) is 5.03. The van der Waals surface area contributed by atoms with Crippen LogP contribution in [0.25, 0.3) is 11.4 Å². The predicted molar refractivity (Wildman–Crippen MR) is 119 cm³/mol. The molecule has 8 heteroatoms. The Hall–Kier alpha value is -4.07. The summed E-state index contributed by atoms with van der Waals surface area (Å²) < 4.78 is 0. The minimum atomic E-state index is -0.227. The van der Waals surface area contributed by atoms with Gasteiger partial charge in [0, 0.05) is 41.8 Å². The number of hydrogen-bond acceptors (Lipinski definition) is 6. The Morgan fingerprint density at radius 1 is 1.00 bits per heavy atom. The van der Waals surface area contributed by atoms with Crippen LogP contribution in [0.4, 0.5) is 11.6 Å². The van der Waals surface area contributed by atoms with E-state index in [1.54, 1.807) is 18.3 Å². The number of H-pyrrole nitrogens is 1. The smallest absolute Gasteiger partial charge is 0.270 e. The summed E-state index contributed by atoms with van der Waals surface area (Å²) in [6.45, 7) is 6.30. The molecule has 1 amide bonds. The summed E-state index contributed by atoms with van der Waals surface area (Å²) in [5, 5.41) is 13.1. The number of amides is 1. The summed E-state index contributed by atoms with van der Waals surface area (Å²) in [4.78, 5) is 25.8. The third kappa shape index (κ3) is 5.11. The molecule has 3 aromatic heterocycles. The Labute approximate surface area is 180 Å². The van der Waals surface area contributed by atoms with Crippen molar-refractivity contribution in [3.63, 3.8) is 0 Å². The molecule has 0 fully saturated rings. The average molecular weight is 413 g/mol. The number of anilines is 2. The van der Waals surface area contributed by atoms with E-state index >= 15 is 0 Å². The van der Waals surface area contributed by atoms with Gasteiger partial charge in [0.05, 0.1) is 0 Å². The van der Waals surface area contributed by atoms with Crippen LogP contribution in [0.3, 0.4) is 0 Å². The van der Waals surface area contributed by atoms with Crippen LogP contribution < -0.4 is 10.6 Å². The third-order valence-corrected chi connectivity index (χ3v) is 4.61. The first-order chi connectivity index (χ1) is 15.0. The molecule has 0 saturated heterocycles. The molecule has 0 aliphatic carbocycles. The van der Waals surface area contributed by atoms with Crippen molar-refractivity contribution in [3.05, 3.63) is 82.9 Å². The second kappa shape index (κ2) is 8.74. The maximum atomic E-state index is 12.4. The molecular weight excluding hydrogens is 390 g/mol. The monoisotopic (exact) mass is 413 g/mol. The van der Waals surface area contributed by atoms with E-state index in [1.165, 1.54) is 0 Å². The van der Waals surface area contributed by atoms with E-state index in [0.29, 0.717) is 29.7 Å². The summed E-state index contributed by atoms with van der Waals surface area (Å²) in [7, 11) is 0. The number of carbonyl (C=O) groups is 1. The fraction of sp³-hybridized carbons (Fsp3) is 0.174. The van der Waals surface area contributed by atoms with Gasteiger partial charge in [0.2, 0.25) is 0 Å². The molecule has 3 heterocycles. The molecule has 31 heavy (non-hydrogen) atoms. The van der Waals surface area contributed by atoms with Gasteiger partial charge in [-0.15, -0.1) is 0 Å². The van der Waals surface area contributed by atoms with Crippen LogP contribution in [0, 0.1) is 20.8 Å². The number of nitrogens with one attached hydrogen (secondary N) is 3. The Kier molecular flexibility index (Phi) is 5.70. The molecule has 156 valence electrons. The molecule has 8 nitrogen and oxygen atoms in total. The Morgan fingerprint density at radius 3 is 2.58 bits per heavy atom. The number of hydrogen-bond donors (Lipinski definition) is 3. The zero-order valence-electron chi connectivity index (χ0n) is 17.6. The first-order valence-electron chi connectivity index (χ1n) is 9.91. The molecule has 0 radical (unpaired) electrons. The number of aromatic amines is 1. The molecule has 0 bridgehead atoms. The van der Waals surface area contributed by atoms with E-state index in [9.17, 15) is 4.79 Å². The van der Waals surface area contributed by atoms with Gasteiger partial charge < -0.3 is 10.6 Å². The fourth-order valence-corrected chi connectivity index (χ4v) is 3.13. The SMILES string of the molecule is Cc1cccc(CNC(=O)c2ccc(-c3nc(C)cc(Nc4cc(C)[nH]n4)n3)cn2)c1. The van der Waals surface area contributed by atoms with Gasteiger partial charge in [0.25, 0.3) is 5.91 Å². The van der Waals surface area contributed by atoms with E-state index in [4.69, 9.17) is 0 Å². The lowest BCUT2D eigenvalue weighted by Gasteiger charge is -2.08. The fourth-order valence-electron chi connectivity index (χ4n) is 3.13. The van der Waals surface area contributed by atoms with Gasteiger partial charge >= 0.3 is 0 Å². The highest BCUT2D eigenvalue weighted by atomic mass is 16.1. The number of pyridine rings is 1. The quantitative estimate of drug-likeness (QED) is 0.443. The van der Waals surface area contributed by atoms with Crippen molar-refractivity contribution in [2.24, 2.45) is 0 Å². The highest BCUT2D eigenvalue weighted by molar-refractivity contribution is 5.92. The zero-order chi connectivity index (χ0) is 21.8. The van der Waals surface area contributed by atoms with E-state index in [0.717, 1.165) is 28.1 Å². The lowest BCUT2D eigenvalue weighted by atomic mass is 10.1. The van der Waals surface area contributed by atoms with E-state index < -0.39 is 0 Å². The number of aromatic nitrogens is 5. The number of rotatable bonds is 6. The number of carbonyl (C=O) groups excluding carboxylic acids is 1. The van der Waals surface area contributed by atoms with E-state index in [1.807, 2.05) is 57.2 Å². The highest BCUT2D eigenvalue weighted by Crippen LogP contribution is 2.20. The lowest BCUT2D eigenvalue weighted by molar-refractivity contribution is 0.0946. The average Bonchev–Trinajstić information content (AvgIpc) is 3.16. The third-order valence-electron chi connectivity index (χ3n) is 4.61. The minimum absolute atomic E-state index is 0.227. The van der Waals surface area contributed by atoms with Crippen LogP contribution in [-0.4, -0.2) is 31.1 Å². The van der Waals surface area contributed by atoms with E-state index in [-0.39, 0.29) is 5.91 Å². The number of nitrogens with zero attached hydrogens (tertiary/aromatic N) is 4. The highest BCUT2D eigenvalue weighted by Gasteiger charge is 2.11.